The molecule has 0 aromatic carbocycles. The summed E-state index contributed by atoms with van der Waals surface area (Å²) in [5.41, 5.74) is 0. The maximum Gasteiger partial charge on any atom is 0.221 e. The zero-order valence-corrected chi connectivity index (χ0v) is 12.1. The van der Waals surface area contributed by atoms with Crippen molar-refractivity contribution < 1.29 is 4.79 Å². The standard InChI is InChI=1S/C13H25N3O.ClH/c1-11-10-14-7-9-16(11)8-6-13(17)15-12-4-2-3-5-12;/h11-12,14H,2-10H2,1H3,(H,15,17);1H/t11-;/m1./s1. The van der Waals surface area contributed by atoms with Crippen molar-refractivity contribution in [1.82, 2.24) is 15.5 Å². The van der Waals surface area contributed by atoms with E-state index in [1.54, 1.807) is 0 Å². The minimum atomic E-state index is 0. The lowest BCUT2D eigenvalue weighted by Crippen LogP contribution is -2.50. The van der Waals surface area contributed by atoms with E-state index in [0.717, 1.165) is 26.2 Å². The summed E-state index contributed by atoms with van der Waals surface area (Å²) in [6.45, 7) is 6.29. The van der Waals surface area contributed by atoms with Crippen LogP contribution >= 0.6 is 12.4 Å². The van der Waals surface area contributed by atoms with E-state index in [-0.39, 0.29) is 18.3 Å². The number of piperazine rings is 1. The van der Waals surface area contributed by atoms with Gasteiger partial charge in [-0.15, -0.1) is 12.4 Å². The number of nitrogens with one attached hydrogen (secondary N) is 2. The molecule has 4 nitrogen and oxygen atoms in total. The van der Waals surface area contributed by atoms with Crippen molar-refractivity contribution in [3.63, 3.8) is 0 Å². The molecule has 1 saturated carbocycles. The fourth-order valence-corrected chi connectivity index (χ4v) is 2.83. The molecule has 1 aliphatic heterocycles. The van der Waals surface area contributed by atoms with E-state index >= 15 is 0 Å². The lowest BCUT2D eigenvalue weighted by molar-refractivity contribution is -0.122. The molecular weight excluding hydrogens is 250 g/mol. The van der Waals surface area contributed by atoms with Crippen molar-refractivity contribution in [3.8, 4) is 0 Å². The first-order valence-corrected chi connectivity index (χ1v) is 7.00. The third-order valence-electron chi connectivity index (χ3n) is 3.99. The van der Waals surface area contributed by atoms with Crippen molar-refractivity contribution >= 4 is 18.3 Å². The van der Waals surface area contributed by atoms with Gasteiger partial charge >= 0.3 is 0 Å². The Bertz CT molecular complexity index is 257. The van der Waals surface area contributed by atoms with Crippen molar-refractivity contribution in [3.05, 3.63) is 0 Å². The van der Waals surface area contributed by atoms with Gasteiger partial charge in [-0.2, -0.15) is 0 Å². The van der Waals surface area contributed by atoms with Crippen molar-refractivity contribution in [1.29, 1.82) is 0 Å². The predicted octanol–water partition coefficient (Wildman–Crippen LogP) is 1.15. The Kier molecular flexibility index (Phi) is 6.97. The van der Waals surface area contributed by atoms with Crippen LogP contribution in [0.4, 0.5) is 0 Å². The van der Waals surface area contributed by atoms with Crippen LogP contribution < -0.4 is 10.6 Å². The van der Waals surface area contributed by atoms with Crippen LogP contribution in [0, 0.1) is 0 Å². The van der Waals surface area contributed by atoms with E-state index in [9.17, 15) is 4.79 Å². The highest BCUT2D eigenvalue weighted by atomic mass is 35.5. The molecule has 5 heteroatoms. The summed E-state index contributed by atoms with van der Waals surface area (Å²) in [5.74, 6) is 0.239. The number of hydrogen-bond donors (Lipinski definition) is 2. The Balaban J connectivity index is 0.00000162. The van der Waals surface area contributed by atoms with E-state index in [0.29, 0.717) is 18.5 Å². The number of hydrogen-bond acceptors (Lipinski definition) is 3. The summed E-state index contributed by atoms with van der Waals surface area (Å²) in [4.78, 5) is 14.2. The van der Waals surface area contributed by atoms with Gasteiger partial charge in [0.25, 0.3) is 0 Å². The number of rotatable bonds is 4. The molecule has 1 atom stereocenters. The molecule has 2 fully saturated rings. The highest BCUT2D eigenvalue weighted by Gasteiger charge is 2.20. The number of carbonyl (C=O) groups excluding carboxylic acids is 1. The fraction of sp³-hybridized carbons (Fsp3) is 0.923. The molecule has 2 aliphatic rings. The molecule has 0 radical (unpaired) electrons. The van der Waals surface area contributed by atoms with Gasteiger partial charge in [-0.25, -0.2) is 0 Å². The first-order chi connectivity index (χ1) is 8.25. The van der Waals surface area contributed by atoms with Gasteiger partial charge in [-0.1, -0.05) is 12.8 Å². The molecule has 1 aliphatic carbocycles. The summed E-state index contributed by atoms with van der Waals surface area (Å²) in [6.07, 6.45) is 5.56. The average Bonchev–Trinajstić information content (AvgIpc) is 2.81. The highest BCUT2D eigenvalue weighted by molar-refractivity contribution is 5.85. The van der Waals surface area contributed by atoms with E-state index in [1.165, 1.54) is 25.7 Å². The third-order valence-corrected chi connectivity index (χ3v) is 3.99. The SMILES string of the molecule is C[C@@H]1CNCCN1CCC(=O)NC1CCCC1.Cl. The van der Waals surface area contributed by atoms with Gasteiger partial charge < -0.3 is 10.6 Å². The zero-order valence-electron chi connectivity index (χ0n) is 11.3. The molecule has 1 saturated heterocycles. The second-order valence-electron chi connectivity index (χ2n) is 5.39. The molecular formula is C13H26ClN3O. The Morgan fingerprint density at radius 2 is 2.11 bits per heavy atom. The minimum Gasteiger partial charge on any atom is -0.353 e. The van der Waals surface area contributed by atoms with Crippen LogP contribution in [0.3, 0.4) is 0 Å². The quantitative estimate of drug-likeness (QED) is 0.809. The third kappa shape index (κ3) is 4.75. The van der Waals surface area contributed by atoms with Gasteiger partial charge in [0, 0.05) is 44.7 Å². The Hall–Kier alpha value is -0.320. The second-order valence-corrected chi connectivity index (χ2v) is 5.39. The maximum atomic E-state index is 11.8. The van der Waals surface area contributed by atoms with Crippen LogP contribution in [0.1, 0.15) is 39.0 Å². The summed E-state index contributed by atoms with van der Waals surface area (Å²) >= 11 is 0. The molecule has 0 bridgehead atoms. The normalized spacial score (nSPS) is 25.7. The van der Waals surface area contributed by atoms with Crippen LogP contribution in [0.2, 0.25) is 0 Å². The van der Waals surface area contributed by atoms with Crippen LogP contribution in [0.15, 0.2) is 0 Å². The van der Waals surface area contributed by atoms with Gasteiger partial charge in [0.1, 0.15) is 0 Å². The summed E-state index contributed by atoms with van der Waals surface area (Å²) < 4.78 is 0. The van der Waals surface area contributed by atoms with Crippen LogP contribution in [0.5, 0.6) is 0 Å². The maximum absolute atomic E-state index is 11.8. The molecule has 1 amide bonds. The first-order valence-electron chi connectivity index (χ1n) is 7.00. The lowest BCUT2D eigenvalue weighted by Gasteiger charge is -2.33. The summed E-state index contributed by atoms with van der Waals surface area (Å²) in [6, 6.07) is 1.02. The minimum absolute atomic E-state index is 0. The molecule has 0 aromatic rings. The predicted molar refractivity (Wildman–Crippen MR) is 76.2 cm³/mol. The van der Waals surface area contributed by atoms with Crippen LogP contribution in [-0.4, -0.2) is 49.1 Å². The summed E-state index contributed by atoms with van der Waals surface area (Å²) in [7, 11) is 0. The van der Waals surface area contributed by atoms with E-state index in [4.69, 9.17) is 0 Å². The van der Waals surface area contributed by atoms with Crippen molar-refractivity contribution in [2.75, 3.05) is 26.2 Å². The first kappa shape index (κ1) is 15.7. The Morgan fingerprint density at radius 1 is 1.39 bits per heavy atom. The number of nitrogens with zero attached hydrogens (tertiary/aromatic N) is 1. The molecule has 0 spiro atoms. The topological polar surface area (TPSA) is 44.4 Å². The van der Waals surface area contributed by atoms with Gasteiger partial charge in [-0.05, 0) is 19.8 Å². The van der Waals surface area contributed by atoms with Gasteiger partial charge in [0.2, 0.25) is 5.91 Å². The molecule has 1 heterocycles. The average molecular weight is 276 g/mol. The Morgan fingerprint density at radius 3 is 2.78 bits per heavy atom. The number of halogens is 1. The monoisotopic (exact) mass is 275 g/mol. The molecule has 0 aromatic heterocycles. The molecule has 0 unspecified atom stereocenters. The van der Waals surface area contributed by atoms with Gasteiger partial charge in [-0.3, -0.25) is 9.69 Å². The van der Waals surface area contributed by atoms with E-state index in [2.05, 4.69) is 22.5 Å². The smallest absolute Gasteiger partial charge is 0.221 e. The number of amides is 1. The second kappa shape index (κ2) is 7.97. The highest BCUT2D eigenvalue weighted by Crippen LogP contribution is 2.17. The molecule has 2 rings (SSSR count). The summed E-state index contributed by atoms with van der Waals surface area (Å²) in [5, 5.41) is 6.52. The molecule has 2 N–H and O–H groups in total. The zero-order chi connectivity index (χ0) is 12.1. The van der Waals surface area contributed by atoms with Crippen molar-refractivity contribution in [2.45, 2.75) is 51.1 Å². The fourth-order valence-electron chi connectivity index (χ4n) is 2.83. The largest absolute Gasteiger partial charge is 0.353 e. The molecule has 106 valence electrons. The van der Waals surface area contributed by atoms with Crippen LogP contribution in [-0.2, 0) is 4.79 Å². The Labute approximate surface area is 116 Å². The van der Waals surface area contributed by atoms with Gasteiger partial charge in [0.15, 0.2) is 0 Å². The van der Waals surface area contributed by atoms with Crippen LogP contribution in [0.25, 0.3) is 0 Å². The van der Waals surface area contributed by atoms with E-state index < -0.39 is 0 Å². The van der Waals surface area contributed by atoms with E-state index in [1.807, 2.05) is 0 Å². The van der Waals surface area contributed by atoms with Crippen molar-refractivity contribution in [2.24, 2.45) is 0 Å². The number of carbonyl (C=O) groups is 1. The molecule has 18 heavy (non-hydrogen) atoms. The van der Waals surface area contributed by atoms with Gasteiger partial charge in [0.05, 0.1) is 0 Å². The lowest BCUT2D eigenvalue weighted by atomic mass is 10.2.